The zero-order chi connectivity index (χ0) is 14.5. The molecule has 0 unspecified atom stereocenters. The average Bonchev–Trinajstić information content (AvgIpc) is 2.55. The van der Waals surface area contributed by atoms with Gasteiger partial charge in [0.15, 0.2) is 0 Å². The van der Waals surface area contributed by atoms with Crippen LogP contribution in [-0.2, 0) is 6.61 Å². The van der Waals surface area contributed by atoms with Crippen molar-refractivity contribution < 1.29 is 4.74 Å². The zero-order valence-electron chi connectivity index (χ0n) is 12.0. The van der Waals surface area contributed by atoms with Gasteiger partial charge in [-0.3, -0.25) is 4.98 Å². The lowest BCUT2D eigenvalue weighted by molar-refractivity contribution is 0.307. The molecule has 2 nitrogen and oxygen atoms in total. The Labute approximate surface area is 125 Å². The molecule has 3 rings (SSSR count). The summed E-state index contributed by atoms with van der Waals surface area (Å²) in [5, 5.41) is 0. The van der Waals surface area contributed by atoms with Crippen LogP contribution in [-0.4, -0.2) is 4.98 Å². The van der Waals surface area contributed by atoms with Crippen molar-refractivity contribution in [1.29, 1.82) is 0 Å². The van der Waals surface area contributed by atoms with Crippen molar-refractivity contribution in [3.05, 3.63) is 84.2 Å². The third-order valence-corrected chi connectivity index (χ3v) is 3.35. The van der Waals surface area contributed by atoms with Crippen LogP contribution in [0.2, 0.25) is 0 Å². The number of hydrogen-bond donors (Lipinski definition) is 0. The summed E-state index contributed by atoms with van der Waals surface area (Å²) >= 11 is 0. The highest BCUT2D eigenvalue weighted by molar-refractivity contribution is 5.69. The largest absolute Gasteiger partial charge is 0.488 e. The number of benzene rings is 2. The normalized spacial score (nSPS) is 10.3. The standard InChI is InChI=1S/C19H17NO/c1-15-11-12-17(13-20-15)18-9-5-6-10-19(18)21-14-16-7-3-2-4-8-16/h2-13H,14H2,1H3. The van der Waals surface area contributed by atoms with Crippen LogP contribution in [0, 0.1) is 6.92 Å². The van der Waals surface area contributed by atoms with Gasteiger partial charge in [0.05, 0.1) is 0 Å². The van der Waals surface area contributed by atoms with Gasteiger partial charge in [-0.25, -0.2) is 0 Å². The van der Waals surface area contributed by atoms with Crippen molar-refractivity contribution in [1.82, 2.24) is 4.98 Å². The first-order valence-electron chi connectivity index (χ1n) is 7.02. The molecular weight excluding hydrogens is 258 g/mol. The zero-order valence-corrected chi connectivity index (χ0v) is 12.0. The molecule has 0 saturated heterocycles. The number of para-hydroxylation sites is 1. The molecule has 3 aromatic rings. The SMILES string of the molecule is Cc1ccc(-c2ccccc2OCc2ccccc2)cn1. The Morgan fingerprint density at radius 2 is 1.62 bits per heavy atom. The second-order valence-corrected chi connectivity index (χ2v) is 4.96. The molecule has 0 aliphatic heterocycles. The third-order valence-electron chi connectivity index (χ3n) is 3.35. The fraction of sp³-hybridized carbons (Fsp3) is 0.105. The van der Waals surface area contributed by atoms with Crippen molar-refractivity contribution >= 4 is 0 Å². The summed E-state index contributed by atoms with van der Waals surface area (Å²) in [6.07, 6.45) is 1.89. The number of aryl methyl sites for hydroxylation is 1. The number of hydrogen-bond acceptors (Lipinski definition) is 2. The molecule has 0 aliphatic carbocycles. The van der Waals surface area contributed by atoms with Crippen molar-refractivity contribution in [2.24, 2.45) is 0 Å². The van der Waals surface area contributed by atoms with E-state index in [1.165, 1.54) is 0 Å². The number of ether oxygens (including phenoxy) is 1. The van der Waals surface area contributed by atoms with Crippen LogP contribution in [0.4, 0.5) is 0 Å². The lowest BCUT2D eigenvalue weighted by Gasteiger charge is -2.11. The lowest BCUT2D eigenvalue weighted by atomic mass is 10.1. The van der Waals surface area contributed by atoms with Gasteiger partial charge < -0.3 is 4.74 Å². The second-order valence-electron chi connectivity index (χ2n) is 4.96. The van der Waals surface area contributed by atoms with Crippen molar-refractivity contribution in [3.63, 3.8) is 0 Å². The summed E-state index contributed by atoms with van der Waals surface area (Å²) in [4.78, 5) is 4.36. The fourth-order valence-electron chi connectivity index (χ4n) is 2.19. The Hall–Kier alpha value is -2.61. The molecule has 1 heterocycles. The quantitative estimate of drug-likeness (QED) is 0.692. The van der Waals surface area contributed by atoms with E-state index in [9.17, 15) is 0 Å². The Morgan fingerprint density at radius 1 is 0.857 bits per heavy atom. The predicted molar refractivity (Wildman–Crippen MR) is 85.2 cm³/mol. The molecule has 0 atom stereocenters. The molecule has 1 aromatic heterocycles. The maximum Gasteiger partial charge on any atom is 0.127 e. The highest BCUT2D eigenvalue weighted by Gasteiger charge is 2.06. The van der Waals surface area contributed by atoms with E-state index in [0.717, 1.165) is 28.1 Å². The van der Waals surface area contributed by atoms with Crippen LogP contribution < -0.4 is 4.74 Å². The summed E-state index contributed by atoms with van der Waals surface area (Å²) in [6.45, 7) is 2.55. The third kappa shape index (κ3) is 3.29. The monoisotopic (exact) mass is 275 g/mol. The summed E-state index contributed by atoms with van der Waals surface area (Å²) in [5.74, 6) is 0.881. The highest BCUT2D eigenvalue weighted by Crippen LogP contribution is 2.29. The van der Waals surface area contributed by atoms with E-state index >= 15 is 0 Å². The molecule has 0 spiro atoms. The van der Waals surface area contributed by atoms with Gasteiger partial charge in [0.2, 0.25) is 0 Å². The Bertz CT molecular complexity index is 705. The van der Waals surface area contributed by atoms with Crippen LogP contribution in [0.5, 0.6) is 5.75 Å². The van der Waals surface area contributed by atoms with E-state index in [-0.39, 0.29) is 0 Å². The van der Waals surface area contributed by atoms with E-state index < -0.39 is 0 Å². The molecule has 0 amide bonds. The van der Waals surface area contributed by atoms with E-state index in [1.807, 2.05) is 55.6 Å². The minimum absolute atomic E-state index is 0.567. The maximum atomic E-state index is 5.98. The number of aromatic nitrogens is 1. The van der Waals surface area contributed by atoms with Gasteiger partial charge in [-0.2, -0.15) is 0 Å². The Kier molecular flexibility index (Phi) is 3.97. The molecule has 21 heavy (non-hydrogen) atoms. The maximum absolute atomic E-state index is 5.98. The van der Waals surface area contributed by atoms with E-state index in [1.54, 1.807) is 0 Å². The minimum Gasteiger partial charge on any atom is -0.488 e. The number of rotatable bonds is 4. The molecule has 0 saturated carbocycles. The van der Waals surface area contributed by atoms with Gasteiger partial charge in [-0.1, -0.05) is 54.6 Å². The summed E-state index contributed by atoms with van der Waals surface area (Å²) in [6, 6.07) is 22.3. The number of pyridine rings is 1. The van der Waals surface area contributed by atoms with E-state index in [2.05, 4.69) is 29.2 Å². The van der Waals surface area contributed by atoms with Crippen molar-refractivity contribution in [2.45, 2.75) is 13.5 Å². The van der Waals surface area contributed by atoms with Crippen LogP contribution in [0.15, 0.2) is 72.9 Å². The fourth-order valence-corrected chi connectivity index (χ4v) is 2.19. The first-order valence-corrected chi connectivity index (χ1v) is 7.02. The van der Waals surface area contributed by atoms with Gasteiger partial charge in [-0.15, -0.1) is 0 Å². The van der Waals surface area contributed by atoms with Crippen LogP contribution >= 0.6 is 0 Å². The number of nitrogens with zero attached hydrogens (tertiary/aromatic N) is 1. The van der Waals surface area contributed by atoms with Crippen LogP contribution in [0.25, 0.3) is 11.1 Å². The smallest absolute Gasteiger partial charge is 0.127 e. The van der Waals surface area contributed by atoms with Gasteiger partial charge in [0, 0.05) is 23.0 Å². The van der Waals surface area contributed by atoms with Gasteiger partial charge in [0.25, 0.3) is 0 Å². The average molecular weight is 275 g/mol. The predicted octanol–water partition coefficient (Wildman–Crippen LogP) is 4.64. The molecule has 0 aliphatic rings. The van der Waals surface area contributed by atoms with Crippen LogP contribution in [0.3, 0.4) is 0 Å². The molecule has 2 heteroatoms. The molecule has 2 aromatic carbocycles. The van der Waals surface area contributed by atoms with Crippen molar-refractivity contribution in [3.8, 4) is 16.9 Å². The molecule has 104 valence electrons. The molecule has 0 N–H and O–H groups in total. The highest BCUT2D eigenvalue weighted by atomic mass is 16.5. The van der Waals surface area contributed by atoms with Gasteiger partial charge in [0.1, 0.15) is 12.4 Å². The second kappa shape index (κ2) is 6.23. The summed E-state index contributed by atoms with van der Waals surface area (Å²) in [7, 11) is 0. The van der Waals surface area contributed by atoms with Gasteiger partial charge in [-0.05, 0) is 24.6 Å². The molecule has 0 radical (unpaired) electrons. The lowest BCUT2D eigenvalue weighted by Crippen LogP contribution is -1.96. The summed E-state index contributed by atoms with van der Waals surface area (Å²) < 4.78 is 5.98. The van der Waals surface area contributed by atoms with Crippen LogP contribution in [0.1, 0.15) is 11.3 Å². The van der Waals surface area contributed by atoms with E-state index in [0.29, 0.717) is 6.61 Å². The minimum atomic E-state index is 0.567. The first-order chi connectivity index (χ1) is 10.3. The van der Waals surface area contributed by atoms with E-state index in [4.69, 9.17) is 4.74 Å². The molecule has 0 bridgehead atoms. The topological polar surface area (TPSA) is 22.1 Å². The molecule has 0 fully saturated rings. The Balaban J connectivity index is 1.84. The van der Waals surface area contributed by atoms with Crippen molar-refractivity contribution in [2.75, 3.05) is 0 Å². The molecular formula is C19H17NO. The van der Waals surface area contributed by atoms with Gasteiger partial charge >= 0.3 is 0 Å². The summed E-state index contributed by atoms with van der Waals surface area (Å²) in [5.41, 5.74) is 4.32. The first kappa shape index (κ1) is 13.4. The Morgan fingerprint density at radius 3 is 2.38 bits per heavy atom.